The lowest BCUT2D eigenvalue weighted by molar-refractivity contribution is 0.0780. The van der Waals surface area contributed by atoms with E-state index in [0.29, 0.717) is 12.1 Å². The minimum atomic E-state index is -0.348. The molecule has 0 spiro atoms. The van der Waals surface area contributed by atoms with Gasteiger partial charge < -0.3 is 15.4 Å². The second-order valence-electron chi connectivity index (χ2n) is 4.02. The minimum absolute atomic E-state index is 0.0144. The molecule has 0 aromatic heterocycles. The Hall–Kier alpha value is -1.46. The summed E-state index contributed by atoms with van der Waals surface area (Å²) in [6.45, 7) is 1.41. The van der Waals surface area contributed by atoms with Crippen molar-refractivity contribution >= 4 is 5.91 Å². The average Bonchev–Trinajstić information content (AvgIpc) is 2.77. The van der Waals surface area contributed by atoms with Gasteiger partial charge in [-0.3, -0.25) is 4.79 Å². The van der Waals surface area contributed by atoms with Crippen LogP contribution in [0.5, 0.6) is 0 Å². The second kappa shape index (κ2) is 5.25. The first-order valence-electron chi connectivity index (χ1n) is 5.50. The average molecular weight is 238 g/mol. The molecule has 1 fully saturated rings. The summed E-state index contributed by atoms with van der Waals surface area (Å²) in [6, 6.07) is 5.44. The fraction of sp³-hybridized carbons (Fsp3) is 0.417. The van der Waals surface area contributed by atoms with Crippen LogP contribution in [-0.4, -0.2) is 38.3 Å². The van der Waals surface area contributed by atoms with Crippen LogP contribution in [0.3, 0.4) is 0 Å². The van der Waals surface area contributed by atoms with E-state index < -0.39 is 0 Å². The molecule has 0 aliphatic carbocycles. The molecule has 1 aliphatic heterocycles. The summed E-state index contributed by atoms with van der Waals surface area (Å²) in [6.07, 6.45) is -0.0144. The third-order valence-electron chi connectivity index (χ3n) is 2.88. The number of benzene rings is 1. The molecule has 92 valence electrons. The molecule has 0 saturated carbocycles. The van der Waals surface area contributed by atoms with Gasteiger partial charge in [0.2, 0.25) is 0 Å². The number of carbonyl (C=O) groups is 1. The Bertz CT molecular complexity index is 394. The molecule has 2 N–H and O–H groups in total. The smallest absolute Gasteiger partial charge is 0.251 e. The van der Waals surface area contributed by atoms with E-state index in [-0.39, 0.29) is 23.9 Å². The maximum Gasteiger partial charge on any atom is 0.251 e. The Morgan fingerprint density at radius 2 is 2.12 bits per heavy atom. The molecule has 2 rings (SSSR count). The van der Waals surface area contributed by atoms with Gasteiger partial charge in [-0.25, -0.2) is 4.39 Å². The van der Waals surface area contributed by atoms with E-state index in [1.165, 1.54) is 24.3 Å². The molecule has 0 bridgehead atoms. The summed E-state index contributed by atoms with van der Waals surface area (Å²) in [5.74, 6) is -0.556. The number of hydrogen-bond acceptors (Lipinski definition) is 3. The molecule has 1 saturated heterocycles. The quantitative estimate of drug-likeness (QED) is 0.808. The molecule has 1 aliphatic rings. The Morgan fingerprint density at radius 1 is 1.41 bits per heavy atom. The fourth-order valence-corrected chi connectivity index (χ4v) is 1.90. The molecule has 17 heavy (non-hydrogen) atoms. The summed E-state index contributed by atoms with van der Waals surface area (Å²) in [5.41, 5.74) is 0.452. The molecule has 5 heteroatoms. The lowest BCUT2D eigenvalue weighted by Gasteiger charge is -2.18. The SMILES string of the molecule is CO[C@H]1CNCC1NC(=O)c1ccc(F)cc1. The molecular weight excluding hydrogens is 223 g/mol. The van der Waals surface area contributed by atoms with Gasteiger partial charge in [0.05, 0.1) is 12.1 Å². The van der Waals surface area contributed by atoms with Crippen LogP contribution in [0.25, 0.3) is 0 Å². The van der Waals surface area contributed by atoms with Crippen molar-refractivity contribution in [1.82, 2.24) is 10.6 Å². The topological polar surface area (TPSA) is 50.4 Å². The maximum absolute atomic E-state index is 12.7. The second-order valence-corrected chi connectivity index (χ2v) is 4.02. The van der Waals surface area contributed by atoms with Gasteiger partial charge in [0, 0.05) is 25.8 Å². The summed E-state index contributed by atoms with van der Waals surface area (Å²) < 4.78 is 18.0. The van der Waals surface area contributed by atoms with Crippen LogP contribution in [0.2, 0.25) is 0 Å². The highest BCUT2D eigenvalue weighted by Gasteiger charge is 2.28. The zero-order valence-corrected chi connectivity index (χ0v) is 9.57. The van der Waals surface area contributed by atoms with Gasteiger partial charge in [0.25, 0.3) is 5.91 Å². The molecule has 1 aromatic rings. The summed E-state index contributed by atoms with van der Waals surface area (Å²) >= 11 is 0. The monoisotopic (exact) mass is 238 g/mol. The van der Waals surface area contributed by atoms with Crippen molar-refractivity contribution in [3.05, 3.63) is 35.6 Å². The normalized spacial score (nSPS) is 23.6. The zero-order valence-electron chi connectivity index (χ0n) is 9.57. The first-order chi connectivity index (χ1) is 8.20. The van der Waals surface area contributed by atoms with Crippen LogP contribution in [-0.2, 0) is 4.74 Å². The van der Waals surface area contributed by atoms with Gasteiger partial charge in [0.1, 0.15) is 5.82 Å². The summed E-state index contributed by atoms with van der Waals surface area (Å²) in [5, 5.41) is 6.01. The van der Waals surface area contributed by atoms with E-state index in [0.717, 1.165) is 6.54 Å². The van der Waals surface area contributed by atoms with Gasteiger partial charge in [0.15, 0.2) is 0 Å². The Labute approximate surface area is 99.2 Å². The largest absolute Gasteiger partial charge is 0.378 e. The first kappa shape index (κ1) is 12.0. The van der Waals surface area contributed by atoms with E-state index in [9.17, 15) is 9.18 Å². The maximum atomic E-state index is 12.7. The number of halogens is 1. The zero-order chi connectivity index (χ0) is 12.3. The highest BCUT2D eigenvalue weighted by Crippen LogP contribution is 2.07. The van der Waals surface area contributed by atoms with Crippen LogP contribution >= 0.6 is 0 Å². The summed E-state index contributed by atoms with van der Waals surface area (Å²) in [4.78, 5) is 11.9. The lowest BCUT2D eigenvalue weighted by atomic mass is 10.1. The van der Waals surface area contributed by atoms with Gasteiger partial charge in [-0.05, 0) is 24.3 Å². The predicted molar refractivity (Wildman–Crippen MR) is 61.3 cm³/mol. The minimum Gasteiger partial charge on any atom is -0.378 e. The Balaban J connectivity index is 1.99. The van der Waals surface area contributed by atoms with Crippen molar-refractivity contribution in [2.24, 2.45) is 0 Å². The number of nitrogens with one attached hydrogen (secondary N) is 2. The standard InChI is InChI=1S/C12H15FN2O2/c1-17-11-7-14-6-10(11)15-12(16)8-2-4-9(13)5-3-8/h2-5,10-11,14H,6-7H2,1H3,(H,15,16)/t10?,11-/m0/s1. The third kappa shape index (κ3) is 2.81. The fourth-order valence-electron chi connectivity index (χ4n) is 1.90. The van der Waals surface area contributed by atoms with Gasteiger partial charge in [-0.15, -0.1) is 0 Å². The number of methoxy groups -OCH3 is 1. The Kier molecular flexibility index (Phi) is 3.71. The molecular formula is C12H15FN2O2. The van der Waals surface area contributed by atoms with Crippen LogP contribution in [0, 0.1) is 5.82 Å². The number of rotatable bonds is 3. The van der Waals surface area contributed by atoms with E-state index in [1.807, 2.05) is 0 Å². The highest BCUT2D eigenvalue weighted by molar-refractivity contribution is 5.94. The van der Waals surface area contributed by atoms with E-state index in [1.54, 1.807) is 7.11 Å². The molecule has 0 radical (unpaired) electrons. The molecule has 1 amide bonds. The van der Waals surface area contributed by atoms with Crippen molar-refractivity contribution in [1.29, 1.82) is 0 Å². The van der Waals surface area contributed by atoms with Crippen molar-refractivity contribution in [3.8, 4) is 0 Å². The van der Waals surface area contributed by atoms with Gasteiger partial charge >= 0.3 is 0 Å². The van der Waals surface area contributed by atoms with E-state index >= 15 is 0 Å². The van der Waals surface area contributed by atoms with Crippen molar-refractivity contribution in [2.45, 2.75) is 12.1 Å². The van der Waals surface area contributed by atoms with Crippen molar-refractivity contribution in [3.63, 3.8) is 0 Å². The molecule has 1 unspecified atom stereocenters. The molecule has 1 heterocycles. The van der Waals surface area contributed by atoms with Gasteiger partial charge in [-0.1, -0.05) is 0 Å². The third-order valence-corrected chi connectivity index (χ3v) is 2.88. The Morgan fingerprint density at radius 3 is 2.76 bits per heavy atom. The van der Waals surface area contributed by atoms with Crippen molar-refractivity contribution < 1.29 is 13.9 Å². The molecule has 4 nitrogen and oxygen atoms in total. The number of amides is 1. The van der Waals surface area contributed by atoms with Crippen molar-refractivity contribution in [2.75, 3.05) is 20.2 Å². The van der Waals surface area contributed by atoms with E-state index in [2.05, 4.69) is 10.6 Å². The van der Waals surface area contributed by atoms with Crippen LogP contribution < -0.4 is 10.6 Å². The summed E-state index contributed by atoms with van der Waals surface area (Å²) in [7, 11) is 1.62. The van der Waals surface area contributed by atoms with Crippen LogP contribution in [0.15, 0.2) is 24.3 Å². The van der Waals surface area contributed by atoms with Gasteiger partial charge in [-0.2, -0.15) is 0 Å². The van der Waals surface area contributed by atoms with Crippen LogP contribution in [0.1, 0.15) is 10.4 Å². The molecule has 2 atom stereocenters. The molecule has 1 aromatic carbocycles. The van der Waals surface area contributed by atoms with Crippen LogP contribution in [0.4, 0.5) is 4.39 Å². The first-order valence-corrected chi connectivity index (χ1v) is 5.50. The predicted octanol–water partition coefficient (Wildman–Crippen LogP) is 0.542. The number of carbonyl (C=O) groups excluding carboxylic acids is 1. The van der Waals surface area contributed by atoms with E-state index in [4.69, 9.17) is 4.74 Å². The number of hydrogen-bond donors (Lipinski definition) is 2. The lowest BCUT2D eigenvalue weighted by Crippen LogP contribution is -2.43. The highest BCUT2D eigenvalue weighted by atomic mass is 19.1. The number of ether oxygens (including phenoxy) is 1.